The molecule has 2 atom stereocenters. The van der Waals surface area contributed by atoms with Gasteiger partial charge in [-0.05, 0) is 12.8 Å². The number of quaternary nitrogens is 1. The zero-order valence-corrected chi connectivity index (χ0v) is 38.1. The molecule has 0 aromatic rings. The van der Waals surface area contributed by atoms with Gasteiger partial charge in [-0.1, -0.05) is 194 Å². The molecule has 0 spiro atoms. The molecule has 0 amide bonds. The van der Waals surface area contributed by atoms with Gasteiger partial charge in [-0.15, -0.1) is 0 Å². The molecule has 0 fully saturated rings. The SMILES string of the molecule is CCCCCCCCCCCCCCCCCC(=O)OC[C@H](COP(=O)(O)OCC[N+](C)(C)CCN)OC(=O)CCCCCCCCCCCCCCCCC. The van der Waals surface area contributed by atoms with Crippen LogP contribution in [0.2, 0.25) is 0 Å². The minimum absolute atomic E-state index is 0.00132. The molecule has 11 heteroatoms. The van der Waals surface area contributed by atoms with Gasteiger partial charge in [0.2, 0.25) is 0 Å². The summed E-state index contributed by atoms with van der Waals surface area (Å²) in [5, 5.41) is 0. The van der Waals surface area contributed by atoms with Crippen LogP contribution in [0.15, 0.2) is 0 Å². The van der Waals surface area contributed by atoms with Crippen molar-refractivity contribution in [1.82, 2.24) is 0 Å². The van der Waals surface area contributed by atoms with Crippen LogP contribution in [-0.4, -0.2) is 81.0 Å². The quantitative estimate of drug-likeness (QED) is 0.0267. The number of esters is 2. The van der Waals surface area contributed by atoms with Crippen molar-refractivity contribution in [3.8, 4) is 0 Å². The van der Waals surface area contributed by atoms with E-state index in [1.54, 1.807) is 0 Å². The summed E-state index contributed by atoms with van der Waals surface area (Å²) in [6, 6.07) is 0. The zero-order chi connectivity index (χ0) is 41.4. The molecule has 0 radical (unpaired) electrons. The van der Waals surface area contributed by atoms with Gasteiger partial charge in [0.25, 0.3) is 0 Å². The number of rotatable bonds is 44. The lowest BCUT2D eigenvalue weighted by Gasteiger charge is -2.29. The molecule has 0 aliphatic heterocycles. The first-order chi connectivity index (χ1) is 27.0. The second-order valence-electron chi connectivity index (χ2n) is 17.0. The Kier molecular flexibility index (Phi) is 38.7. The Hall–Kier alpha value is -1.03. The molecule has 0 aromatic carbocycles. The summed E-state index contributed by atoms with van der Waals surface area (Å²) in [5.74, 6) is -0.798. The Labute approximate surface area is 345 Å². The number of nitrogens with zero attached hydrogens (tertiary/aromatic N) is 1. The van der Waals surface area contributed by atoms with E-state index in [0.717, 1.165) is 32.1 Å². The van der Waals surface area contributed by atoms with E-state index in [1.807, 2.05) is 14.1 Å². The standard InChI is InChI=1S/C45H91N2O8P/c1-5-7-9-11-13-15-17-19-21-23-25-27-29-31-33-35-44(48)52-41-43(42-54-56(50,51)53-40-39-47(3,4)38-37-46)55-45(49)36-34-32-30-28-26-24-22-20-18-16-14-12-10-8-6-2/h43H,5-42,46H2,1-4H3/p+1/t43-/m1/s1. The molecule has 10 nitrogen and oxygen atoms in total. The molecule has 0 aliphatic rings. The molecular formula is C45H92N2O8P+. The third-order valence-corrected chi connectivity index (χ3v) is 11.8. The number of likely N-dealkylation sites (N-methyl/N-ethyl adjacent to an activating group) is 1. The van der Waals surface area contributed by atoms with Crippen molar-refractivity contribution < 1.29 is 42.1 Å². The van der Waals surface area contributed by atoms with E-state index in [9.17, 15) is 19.0 Å². The number of carbonyl (C=O) groups excluding carboxylic acids is 2. The maximum Gasteiger partial charge on any atom is 0.472 e. The van der Waals surface area contributed by atoms with Crippen LogP contribution in [0, 0.1) is 0 Å². The Morgan fingerprint density at radius 2 is 0.893 bits per heavy atom. The number of carbonyl (C=O) groups is 2. The van der Waals surface area contributed by atoms with Crippen LogP contribution in [-0.2, 0) is 32.7 Å². The molecule has 0 bridgehead atoms. The minimum Gasteiger partial charge on any atom is -0.462 e. The normalized spacial score (nSPS) is 13.5. The van der Waals surface area contributed by atoms with Gasteiger partial charge >= 0.3 is 19.8 Å². The van der Waals surface area contributed by atoms with Crippen LogP contribution < -0.4 is 5.73 Å². The van der Waals surface area contributed by atoms with Crippen LogP contribution in [0.1, 0.15) is 219 Å². The first kappa shape index (κ1) is 55.0. The van der Waals surface area contributed by atoms with Gasteiger partial charge in [0, 0.05) is 19.4 Å². The lowest BCUT2D eigenvalue weighted by atomic mass is 10.0. The lowest BCUT2D eigenvalue weighted by molar-refractivity contribution is -0.888. The van der Waals surface area contributed by atoms with Gasteiger partial charge in [0.15, 0.2) is 6.10 Å². The van der Waals surface area contributed by atoms with Gasteiger partial charge < -0.3 is 24.6 Å². The highest BCUT2D eigenvalue weighted by Gasteiger charge is 2.27. The molecule has 0 aromatic heterocycles. The lowest BCUT2D eigenvalue weighted by Crippen LogP contribution is -2.45. The number of hydrogen-bond acceptors (Lipinski definition) is 8. The summed E-state index contributed by atoms with van der Waals surface area (Å²) >= 11 is 0. The molecule has 0 saturated carbocycles. The first-order valence-electron chi connectivity index (χ1n) is 23.5. The van der Waals surface area contributed by atoms with E-state index < -0.39 is 26.5 Å². The fraction of sp³-hybridized carbons (Fsp3) is 0.956. The summed E-state index contributed by atoms with van der Waals surface area (Å²) in [5.41, 5.74) is 5.66. The Bertz CT molecular complexity index is 938. The Balaban J connectivity index is 4.40. The van der Waals surface area contributed by atoms with Crippen molar-refractivity contribution in [3.63, 3.8) is 0 Å². The molecule has 0 heterocycles. The number of phosphoric acid groups is 1. The number of hydrogen-bond donors (Lipinski definition) is 2. The molecular weight excluding hydrogens is 727 g/mol. The van der Waals surface area contributed by atoms with Gasteiger partial charge in [0.1, 0.15) is 19.8 Å². The van der Waals surface area contributed by atoms with Crippen LogP contribution in [0.3, 0.4) is 0 Å². The summed E-state index contributed by atoms with van der Waals surface area (Å²) in [6.07, 6.45) is 36.9. The van der Waals surface area contributed by atoms with Crippen molar-refractivity contribution in [1.29, 1.82) is 0 Å². The van der Waals surface area contributed by atoms with E-state index in [0.29, 0.717) is 30.5 Å². The molecule has 0 aliphatic carbocycles. The first-order valence-corrected chi connectivity index (χ1v) is 25.0. The van der Waals surface area contributed by atoms with Crippen LogP contribution >= 0.6 is 7.82 Å². The largest absolute Gasteiger partial charge is 0.472 e. The number of unbranched alkanes of at least 4 members (excludes halogenated alkanes) is 28. The van der Waals surface area contributed by atoms with E-state index in [2.05, 4.69) is 13.8 Å². The Morgan fingerprint density at radius 1 is 0.536 bits per heavy atom. The van der Waals surface area contributed by atoms with E-state index in [-0.39, 0.29) is 32.0 Å². The maximum absolute atomic E-state index is 12.7. The van der Waals surface area contributed by atoms with Crippen LogP contribution in [0.4, 0.5) is 0 Å². The van der Waals surface area contributed by atoms with E-state index >= 15 is 0 Å². The van der Waals surface area contributed by atoms with Crippen LogP contribution in [0.25, 0.3) is 0 Å². The van der Waals surface area contributed by atoms with Gasteiger partial charge in [-0.3, -0.25) is 18.6 Å². The second-order valence-corrected chi connectivity index (χ2v) is 18.4. The third-order valence-electron chi connectivity index (χ3n) is 10.8. The predicted molar refractivity (Wildman–Crippen MR) is 233 cm³/mol. The summed E-state index contributed by atoms with van der Waals surface area (Å²) in [4.78, 5) is 35.6. The summed E-state index contributed by atoms with van der Waals surface area (Å²) in [7, 11) is -0.496. The molecule has 1 unspecified atom stereocenters. The summed E-state index contributed by atoms with van der Waals surface area (Å²) < 4.78 is 34.6. The van der Waals surface area contributed by atoms with Crippen molar-refractivity contribution in [2.75, 3.05) is 53.6 Å². The van der Waals surface area contributed by atoms with Crippen molar-refractivity contribution in [2.45, 2.75) is 225 Å². The van der Waals surface area contributed by atoms with Crippen molar-refractivity contribution >= 4 is 19.8 Å². The third kappa shape index (κ3) is 39.8. The van der Waals surface area contributed by atoms with E-state index in [4.69, 9.17) is 24.3 Å². The highest BCUT2D eigenvalue weighted by Crippen LogP contribution is 2.43. The smallest absolute Gasteiger partial charge is 0.462 e. The number of phosphoric ester groups is 1. The van der Waals surface area contributed by atoms with E-state index in [1.165, 1.54) is 154 Å². The topological polar surface area (TPSA) is 134 Å². The van der Waals surface area contributed by atoms with Gasteiger partial charge in [-0.2, -0.15) is 0 Å². The average Bonchev–Trinajstić information content (AvgIpc) is 3.15. The average molecular weight is 820 g/mol. The molecule has 334 valence electrons. The number of nitrogens with two attached hydrogens (primary N) is 1. The fourth-order valence-corrected chi connectivity index (χ4v) is 7.72. The fourth-order valence-electron chi connectivity index (χ4n) is 6.98. The highest BCUT2D eigenvalue weighted by atomic mass is 31.2. The monoisotopic (exact) mass is 820 g/mol. The second kappa shape index (κ2) is 39.4. The van der Waals surface area contributed by atoms with Gasteiger partial charge in [0.05, 0.1) is 27.2 Å². The van der Waals surface area contributed by atoms with Crippen molar-refractivity contribution in [3.05, 3.63) is 0 Å². The molecule has 56 heavy (non-hydrogen) atoms. The van der Waals surface area contributed by atoms with Gasteiger partial charge in [-0.25, -0.2) is 4.57 Å². The zero-order valence-electron chi connectivity index (χ0n) is 37.2. The minimum atomic E-state index is -4.42. The molecule has 3 N–H and O–H groups in total. The molecule has 0 saturated heterocycles. The van der Waals surface area contributed by atoms with Crippen molar-refractivity contribution in [2.24, 2.45) is 5.73 Å². The maximum atomic E-state index is 12.7. The van der Waals surface area contributed by atoms with Crippen LogP contribution in [0.5, 0.6) is 0 Å². The Morgan fingerprint density at radius 3 is 1.27 bits per heavy atom. The molecule has 0 rings (SSSR count). The number of ether oxygens (including phenoxy) is 2. The predicted octanol–water partition coefficient (Wildman–Crippen LogP) is 12.1. The highest BCUT2D eigenvalue weighted by molar-refractivity contribution is 7.47. The summed E-state index contributed by atoms with van der Waals surface area (Å²) in [6.45, 7) is 5.54.